The van der Waals surface area contributed by atoms with Gasteiger partial charge in [-0.3, -0.25) is 14.4 Å². The molecule has 1 aliphatic heterocycles. The van der Waals surface area contributed by atoms with E-state index in [0.29, 0.717) is 0 Å². The highest BCUT2D eigenvalue weighted by atomic mass is 16.7. The lowest BCUT2D eigenvalue weighted by atomic mass is 9.99. The first-order valence-electron chi connectivity index (χ1n) is 11.0. The number of hydrogen-bond donors (Lipinski definition) is 7. The van der Waals surface area contributed by atoms with Crippen molar-refractivity contribution in [2.24, 2.45) is 0 Å². The van der Waals surface area contributed by atoms with Crippen LogP contribution in [-0.2, 0) is 19.1 Å². The quantitative estimate of drug-likeness (QED) is 0.153. The Morgan fingerprint density at radius 3 is 2.34 bits per heavy atom. The zero-order valence-corrected chi connectivity index (χ0v) is 19.3. The second-order valence-electron chi connectivity index (χ2n) is 8.38. The molecule has 3 aromatic rings. The van der Waals surface area contributed by atoms with Gasteiger partial charge in [-0.2, -0.15) is 0 Å². The molecule has 1 aromatic heterocycles. The number of carboxylic acids is 1. The van der Waals surface area contributed by atoms with Gasteiger partial charge in [0, 0.05) is 23.8 Å². The van der Waals surface area contributed by atoms with Crippen LogP contribution in [0.25, 0.3) is 22.1 Å². The number of phenolic OH excluding ortho intramolecular Hbond substituents is 3. The van der Waals surface area contributed by atoms with E-state index >= 15 is 0 Å². The Kier molecular flexibility index (Phi) is 7.41. The molecule has 5 atom stereocenters. The summed E-state index contributed by atoms with van der Waals surface area (Å²) < 4.78 is 21.1. The van der Waals surface area contributed by atoms with Crippen molar-refractivity contribution in [2.75, 3.05) is 6.61 Å². The summed E-state index contributed by atoms with van der Waals surface area (Å²) in [7, 11) is 0. The number of carboxylic acid groups (broad SMARTS) is 1. The standard InChI is InChI=1S/C24H22O14/c25-9-1-2-11(13(26)3-9)12-7-35-15-5-10(4-14(27)19(15)20(12)31)37-24-23(34)22(33)21(32)16(38-24)8-36-18(30)6-17(28)29/h1-5,7,16,21-27,32-34H,6,8H2,(H,28,29)/t16-,21+,22-,23+,24+/m0/s1. The number of rotatable bonds is 7. The van der Waals surface area contributed by atoms with Crippen molar-refractivity contribution in [3.05, 3.63) is 46.8 Å². The van der Waals surface area contributed by atoms with E-state index in [1.54, 1.807) is 0 Å². The SMILES string of the molecule is O=C(O)CC(=O)OC[C@@H]1O[C@@H](Oc2cc(O)c3c(=O)c(-c4ccc(O)cc4O)coc3c2)[C@H](O)[C@@H](O)[C@@H]1O. The number of benzene rings is 2. The molecule has 0 unspecified atom stereocenters. The van der Waals surface area contributed by atoms with Crippen molar-refractivity contribution in [3.8, 4) is 34.1 Å². The van der Waals surface area contributed by atoms with Crippen molar-refractivity contribution in [2.45, 2.75) is 37.1 Å². The van der Waals surface area contributed by atoms with Crippen LogP contribution in [0.15, 0.2) is 45.8 Å². The van der Waals surface area contributed by atoms with Gasteiger partial charge in [0.25, 0.3) is 0 Å². The molecule has 0 amide bonds. The highest BCUT2D eigenvalue weighted by molar-refractivity contribution is 5.90. The van der Waals surface area contributed by atoms with Crippen LogP contribution < -0.4 is 10.2 Å². The highest BCUT2D eigenvalue weighted by Crippen LogP contribution is 2.35. The molecular weight excluding hydrogens is 512 g/mol. The molecule has 2 aromatic carbocycles. The Morgan fingerprint density at radius 1 is 0.921 bits per heavy atom. The van der Waals surface area contributed by atoms with Gasteiger partial charge in [0.2, 0.25) is 11.7 Å². The first-order chi connectivity index (χ1) is 18.0. The first kappa shape index (κ1) is 26.7. The van der Waals surface area contributed by atoms with Crippen molar-refractivity contribution in [1.29, 1.82) is 0 Å². The van der Waals surface area contributed by atoms with Crippen molar-refractivity contribution in [3.63, 3.8) is 0 Å². The first-order valence-corrected chi connectivity index (χ1v) is 11.0. The third kappa shape index (κ3) is 5.33. The van der Waals surface area contributed by atoms with E-state index in [4.69, 9.17) is 23.7 Å². The average molecular weight is 534 g/mol. The Balaban J connectivity index is 1.58. The van der Waals surface area contributed by atoms with Gasteiger partial charge in [-0.05, 0) is 12.1 Å². The lowest BCUT2D eigenvalue weighted by Crippen LogP contribution is -2.60. The van der Waals surface area contributed by atoms with E-state index in [-0.39, 0.29) is 33.6 Å². The van der Waals surface area contributed by atoms with Crippen molar-refractivity contribution >= 4 is 22.9 Å². The highest BCUT2D eigenvalue weighted by Gasteiger charge is 2.45. The number of phenols is 3. The van der Waals surface area contributed by atoms with Crippen LogP contribution in [0.4, 0.5) is 0 Å². The zero-order chi connectivity index (χ0) is 27.7. The molecule has 0 radical (unpaired) electrons. The maximum Gasteiger partial charge on any atom is 0.317 e. The van der Waals surface area contributed by atoms with Crippen LogP contribution in [0.5, 0.6) is 23.0 Å². The minimum absolute atomic E-state index is 0.0412. The Morgan fingerprint density at radius 2 is 1.66 bits per heavy atom. The topological polar surface area (TPSA) is 234 Å². The molecule has 0 saturated carbocycles. The molecule has 202 valence electrons. The molecule has 0 bridgehead atoms. The molecule has 0 spiro atoms. The van der Waals surface area contributed by atoms with Crippen LogP contribution >= 0.6 is 0 Å². The van der Waals surface area contributed by atoms with Gasteiger partial charge in [-0.15, -0.1) is 0 Å². The van der Waals surface area contributed by atoms with E-state index < -0.39 is 72.6 Å². The number of aliphatic carboxylic acids is 1. The number of aliphatic hydroxyl groups is 3. The number of esters is 1. The van der Waals surface area contributed by atoms with Crippen LogP contribution in [0, 0.1) is 0 Å². The maximum atomic E-state index is 13.0. The summed E-state index contributed by atoms with van der Waals surface area (Å²) in [5.74, 6) is -3.98. The molecule has 14 heteroatoms. The summed E-state index contributed by atoms with van der Waals surface area (Å²) in [4.78, 5) is 35.1. The number of carbonyl (C=O) groups excluding carboxylic acids is 1. The Hall–Kier alpha value is -4.37. The second-order valence-corrected chi connectivity index (χ2v) is 8.38. The fraction of sp³-hybridized carbons (Fsp3) is 0.292. The molecule has 1 saturated heterocycles. The van der Waals surface area contributed by atoms with E-state index in [1.807, 2.05) is 0 Å². The van der Waals surface area contributed by atoms with E-state index in [9.17, 15) is 45.0 Å². The largest absolute Gasteiger partial charge is 0.508 e. The van der Waals surface area contributed by atoms with Crippen LogP contribution in [-0.4, -0.2) is 85.0 Å². The summed E-state index contributed by atoms with van der Waals surface area (Å²) in [5, 5.41) is 69.0. The number of aromatic hydroxyl groups is 3. The number of carbonyl (C=O) groups is 2. The predicted octanol–water partition coefficient (Wildman–Crippen LogP) is -0.219. The van der Waals surface area contributed by atoms with Gasteiger partial charge in [0.1, 0.15) is 77.7 Å². The molecule has 0 aliphatic carbocycles. The van der Waals surface area contributed by atoms with E-state index in [1.165, 1.54) is 18.2 Å². The lowest BCUT2D eigenvalue weighted by Gasteiger charge is -2.39. The van der Waals surface area contributed by atoms with Gasteiger partial charge in [0.05, 0.1) is 5.56 Å². The predicted molar refractivity (Wildman–Crippen MR) is 123 cm³/mol. The summed E-state index contributed by atoms with van der Waals surface area (Å²) >= 11 is 0. The fourth-order valence-electron chi connectivity index (χ4n) is 3.84. The summed E-state index contributed by atoms with van der Waals surface area (Å²) in [6.45, 7) is -0.665. The van der Waals surface area contributed by atoms with Gasteiger partial charge in [-0.1, -0.05) is 0 Å². The Labute approximate surface area is 212 Å². The van der Waals surface area contributed by atoms with Crippen LogP contribution in [0.3, 0.4) is 0 Å². The number of hydrogen-bond acceptors (Lipinski definition) is 13. The second kappa shape index (κ2) is 10.5. The molecular formula is C24H22O14. The van der Waals surface area contributed by atoms with Crippen LogP contribution in [0.2, 0.25) is 0 Å². The molecule has 1 fully saturated rings. The third-order valence-corrected chi connectivity index (χ3v) is 5.73. The minimum atomic E-state index is -1.82. The molecule has 4 rings (SSSR count). The number of aliphatic hydroxyl groups excluding tert-OH is 3. The molecule has 2 heterocycles. The summed E-state index contributed by atoms with van der Waals surface area (Å²) in [6, 6.07) is 5.73. The molecule has 14 nitrogen and oxygen atoms in total. The molecule has 38 heavy (non-hydrogen) atoms. The van der Waals surface area contributed by atoms with Crippen molar-refractivity contribution < 1.29 is 64.0 Å². The Bertz CT molecular complexity index is 1430. The number of fused-ring (bicyclic) bond motifs is 1. The van der Waals surface area contributed by atoms with Gasteiger partial charge in [0.15, 0.2) is 0 Å². The number of ether oxygens (including phenoxy) is 3. The minimum Gasteiger partial charge on any atom is -0.508 e. The average Bonchev–Trinajstić information content (AvgIpc) is 2.84. The maximum absolute atomic E-state index is 13.0. The third-order valence-electron chi connectivity index (χ3n) is 5.73. The zero-order valence-electron chi connectivity index (χ0n) is 19.3. The summed E-state index contributed by atoms with van der Waals surface area (Å²) in [6.07, 6.45) is -8.33. The van der Waals surface area contributed by atoms with E-state index in [2.05, 4.69) is 0 Å². The monoisotopic (exact) mass is 534 g/mol. The normalized spacial score (nSPS) is 23.2. The lowest BCUT2D eigenvalue weighted by molar-refractivity contribution is -0.278. The summed E-state index contributed by atoms with van der Waals surface area (Å²) in [5.41, 5.74) is -0.939. The smallest absolute Gasteiger partial charge is 0.317 e. The van der Waals surface area contributed by atoms with Gasteiger partial charge < -0.3 is 54.4 Å². The molecule has 7 N–H and O–H groups in total. The van der Waals surface area contributed by atoms with Crippen LogP contribution in [0.1, 0.15) is 6.42 Å². The fourth-order valence-corrected chi connectivity index (χ4v) is 3.84. The van der Waals surface area contributed by atoms with Crippen molar-refractivity contribution in [1.82, 2.24) is 0 Å². The molecule has 1 aliphatic rings. The van der Waals surface area contributed by atoms with E-state index in [0.717, 1.165) is 18.4 Å². The van der Waals surface area contributed by atoms with Gasteiger partial charge >= 0.3 is 11.9 Å². The van der Waals surface area contributed by atoms with Gasteiger partial charge in [-0.25, -0.2) is 0 Å².